The fraction of sp³-hybridized carbons (Fsp3) is 0.318. The van der Waals surface area contributed by atoms with E-state index in [-0.39, 0.29) is 11.9 Å². The second-order valence-corrected chi connectivity index (χ2v) is 8.70. The predicted molar refractivity (Wildman–Crippen MR) is 116 cm³/mol. The maximum Gasteiger partial charge on any atom is 0.230 e. The van der Waals surface area contributed by atoms with Gasteiger partial charge in [0, 0.05) is 10.9 Å². The summed E-state index contributed by atoms with van der Waals surface area (Å²) in [5.74, 6) is 1.79. The molecule has 3 aromatic rings. The fourth-order valence-corrected chi connectivity index (χ4v) is 4.19. The molecule has 1 fully saturated rings. The SMILES string of the molecule is C[C@H](NC(=O)CSc1nnc(C2CC2)n1Cc1ccccc1)c1cccc(Cl)c1. The van der Waals surface area contributed by atoms with Gasteiger partial charge >= 0.3 is 0 Å². The second kappa shape index (κ2) is 9.01. The minimum absolute atomic E-state index is 0.0373. The Bertz CT molecular complexity index is 987. The zero-order chi connectivity index (χ0) is 20.2. The Morgan fingerprint density at radius 3 is 2.72 bits per heavy atom. The minimum Gasteiger partial charge on any atom is -0.349 e. The molecule has 1 atom stereocenters. The van der Waals surface area contributed by atoms with Crippen LogP contribution >= 0.6 is 23.4 Å². The van der Waals surface area contributed by atoms with Crippen LogP contribution in [0.4, 0.5) is 0 Å². The van der Waals surface area contributed by atoms with E-state index in [9.17, 15) is 4.79 Å². The average Bonchev–Trinajstić information content (AvgIpc) is 3.49. The van der Waals surface area contributed by atoms with Crippen LogP contribution in [0.15, 0.2) is 59.8 Å². The molecule has 0 radical (unpaired) electrons. The standard InChI is InChI=1S/C22H23ClN4OS/c1-15(18-8-5-9-19(23)12-18)24-20(28)14-29-22-26-25-21(17-10-11-17)27(22)13-16-6-3-2-4-7-16/h2-9,12,15,17H,10-11,13-14H2,1H3,(H,24,28)/t15-/m0/s1. The van der Waals surface area contributed by atoms with Crippen LogP contribution < -0.4 is 5.32 Å². The third-order valence-electron chi connectivity index (χ3n) is 4.93. The number of nitrogens with one attached hydrogen (secondary N) is 1. The minimum atomic E-state index is -0.106. The number of thioether (sulfide) groups is 1. The predicted octanol–water partition coefficient (Wildman–Crippen LogP) is 4.83. The molecule has 1 heterocycles. The number of halogens is 1. The van der Waals surface area contributed by atoms with Crippen molar-refractivity contribution in [2.24, 2.45) is 0 Å². The highest BCUT2D eigenvalue weighted by Crippen LogP contribution is 2.40. The van der Waals surface area contributed by atoms with Gasteiger partial charge in [-0.25, -0.2) is 0 Å². The number of amides is 1. The van der Waals surface area contributed by atoms with E-state index in [1.165, 1.54) is 17.3 Å². The molecule has 0 aliphatic heterocycles. The fourth-order valence-electron chi connectivity index (χ4n) is 3.24. The van der Waals surface area contributed by atoms with Gasteiger partial charge in [-0.15, -0.1) is 10.2 Å². The molecule has 1 aliphatic rings. The summed E-state index contributed by atoms with van der Waals surface area (Å²) in [6.07, 6.45) is 2.32. The molecular weight excluding hydrogens is 404 g/mol. The first-order valence-corrected chi connectivity index (χ1v) is 11.1. The molecule has 0 unspecified atom stereocenters. The molecule has 1 aromatic heterocycles. The third kappa shape index (κ3) is 5.19. The third-order valence-corrected chi connectivity index (χ3v) is 6.13. The molecule has 29 heavy (non-hydrogen) atoms. The van der Waals surface area contributed by atoms with Gasteiger partial charge in [-0.3, -0.25) is 4.79 Å². The van der Waals surface area contributed by atoms with Gasteiger partial charge in [-0.2, -0.15) is 0 Å². The van der Waals surface area contributed by atoms with Gasteiger partial charge in [-0.1, -0.05) is 65.8 Å². The molecule has 2 aromatic carbocycles. The van der Waals surface area contributed by atoms with Crippen molar-refractivity contribution >= 4 is 29.3 Å². The van der Waals surface area contributed by atoms with Gasteiger partial charge in [-0.05, 0) is 43.0 Å². The number of carbonyl (C=O) groups excluding carboxylic acids is 1. The first-order chi connectivity index (χ1) is 14.1. The van der Waals surface area contributed by atoms with Crippen molar-refractivity contribution in [3.63, 3.8) is 0 Å². The summed E-state index contributed by atoms with van der Waals surface area (Å²) in [4.78, 5) is 12.5. The number of aromatic nitrogens is 3. The maximum atomic E-state index is 12.5. The van der Waals surface area contributed by atoms with E-state index >= 15 is 0 Å². The first kappa shape index (κ1) is 20.0. The van der Waals surface area contributed by atoms with Crippen molar-refractivity contribution < 1.29 is 4.79 Å². The summed E-state index contributed by atoms with van der Waals surface area (Å²) in [5.41, 5.74) is 2.19. The Hall–Kier alpha value is -2.31. The molecular formula is C22H23ClN4OS. The van der Waals surface area contributed by atoms with Crippen molar-refractivity contribution in [3.8, 4) is 0 Å². The van der Waals surface area contributed by atoms with Crippen LogP contribution in [0, 0.1) is 0 Å². The Kier molecular flexibility index (Phi) is 6.21. The number of nitrogens with zero attached hydrogens (tertiary/aromatic N) is 3. The monoisotopic (exact) mass is 426 g/mol. The van der Waals surface area contributed by atoms with Crippen LogP contribution in [0.5, 0.6) is 0 Å². The lowest BCUT2D eigenvalue weighted by atomic mass is 10.1. The first-order valence-electron chi connectivity index (χ1n) is 9.75. The highest BCUT2D eigenvalue weighted by molar-refractivity contribution is 7.99. The number of hydrogen-bond acceptors (Lipinski definition) is 4. The zero-order valence-electron chi connectivity index (χ0n) is 16.2. The summed E-state index contributed by atoms with van der Waals surface area (Å²) in [6, 6.07) is 17.7. The Labute approximate surface area is 179 Å². The van der Waals surface area contributed by atoms with E-state index in [1.807, 2.05) is 49.4 Å². The number of hydrogen-bond donors (Lipinski definition) is 1. The number of carbonyl (C=O) groups is 1. The summed E-state index contributed by atoms with van der Waals surface area (Å²) >= 11 is 7.48. The molecule has 1 aliphatic carbocycles. The van der Waals surface area contributed by atoms with Crippen molar-refractivity contribution in [1.29, 1.82) is 0 Å². The molecule has 4 rings (SSSR count). The molecule has 0 spiro atoms. The van der Waals surface area contributed by atoms with Crippen molar-refractivity contribution in [2.45, 2.75) is 43.4 Å². The number of benzene rings is 2. The van der Waals surface area contributed by atoms with Crippen LogP contribution in [-0.2, 0) is 11.3 Å². The summed E-state index contributed by atoms with van der Waals surface area (Å²) in [5, 5.41) is 13.3. The van der Waals surface area contributed by atoms with E-state index in [0.29, 0.717) is 16.7 Å². The molecule has 1 amide bonds. The molecule has 5 nitrogen and oxygen atoms in total. The Balaban J connectivity index is 1.41. The van der Waals surface area contributed by atoms with E-state index in [1.54, 1.807) is 0 Å². The van der Waals surface area contributed by atoms with E-state index in [2.05, 4.69) is 32.2 Å². The average molecular weight is 427 g/mol. The summed E-state index contributed by atoms with van der Waals surface area (Å²) in [7, 11) is 0. The van der Waals surface area contributed by atoms with E-state index in [0.717, 1.165) is 35.9 Å². The van der Waals surface area contributed by atoms with Crippen LogP contribution in [0.1, 0.15) is 48.7 Å². The van der Waals surface area contributed by atoms with Crippen LogP contribution in [0.2, 0.25) is 5.02 Å². The van der Waals surface area contributed by atoms with Crippen molar-refractivity contribution in [3.05, 3.63) is 76.6 Å². The molecule has 0 bridgehead atoms. The maximum absolute atomic E-state index is 12.5. The molecule has 1 N–H and O–H groups in total. The molecule has 0 saturated heterocycles. The largest absolute Gasteiger partial charge is 0.349 e. The topological polar surface area (TPSA) is 59.8 Å². The summed E-state index contributed by atoms with van der Waals surface area (Å²) < 4.78 is 2.16. The van der Waals surface area contributed by atoms with Crippen LogP contribution in [0.3, 0.4) is 0 Å². The molecule has 7 heteroatoms. The quantitative estimate of drug-likeness (QED) is 0.524. The number of rotatable bonds is 8. The van der Waals surface area contributed by atoms with Gasteiger partial charge in [0.1, 0.15) is 5.82 Å². The van der Waals surface area contributed by atoms with Gasteiger partial charge < -0.3 is 9.88 Å². The van der Waals surface area contributed by atoms with Gasteiger partial charge in [0.05, 0.1) is 18.3 Å². The smallest absolute Gasteiger partial charge is 0.230 e. The van der Waals surface area contributed by atoms with Gasteiger partial charge in [0.2, 0.25) is 5.91 Å². The van der Waals surface area contributed by atoms with Gasteiger partial charge in [0.15, 0.2) is 5.16 Å². The lowest BCUT2D eigenvalue weighted by Gasteiger charge is -2.15. The zero-order valence-corrected chi connectivity index (χ0v) is 17.8. The normalized spacial score (nSPS) is 14.6. The lowest BCUT2D eigenvalue weighted by molar-refractivity contribution is -0.119. The Morgan fingerprint density at radius 1 is 1.21 bits per heavy atom. The van der Waals surface area contributed by atoms with Crippen molar-refractivity contribution in [2.75, 3.05) is 5.75 Å². The highest BCUT2D eigenvalue weighted by atomic mass is 35.5. The molecule has 150 valence electrons. The second-order valence-electron chi connectivity index (χ2n) is 7.32. The van der Waals surface area contributed by atoms with Crippen LogP contribution in [0.25, 0.3) is 0 Å². The lowest BCUT2D eigenvalue weighted by Crippen LogP contribution is -2.28. The summed E-state index contributed by atoms with van der Waals surface area (Å²) in [6.45, 7) is 2.68. The molecule has 1 saturated carbocycles. The van der Waals surface area contributed by atoms with Crippen LogP contribution in [-0.4, -0.2) is 26.4 Å². The van der Waals surface area contributed by atoms with E-state index in [4.69, 9.17) is 11.6 Å². The highest BCUT2D eigenvalue weighted by Gasteiger charge is 2.30. The van der Waals surface area contributed by atoms with Crippen molar-refractivity contribution in [1.82, 2.24) is 20.1 Å². The Morgan fingerprint density at radius 2 is 2.00 bits per heavy atom. The van der Waals surface area contributed by atoms with Gasteiger partial charge in [0.25, 0.3) is 0 Å². The van der Waals surface area contributed by atoms with E-state index < -0.39 is 0 Å².